The van der Waals surface area contributed by atoms with Gasteiger partial charge in [0, 0.05) is 18.5 Å². The average molecular weight is 425 g/mol. The average Bonchev–Trinajstić information content (AvgIpc) is 2.72. The van der Waals surface area contributed by atoms with Gasteiger partial charge in [-0.25, -0.2) is 8.42 Å². The fourth-order valence-electron chi connectivity index (χ4n) is 3.02. The molecule has 0 spiro atoms. The number of sulfonamides is 1. The summed E-state index contributed by atoms with van der Waals surface area (Å²) >= 11 is 0. The van der Waals surface area contributed by atoms with Gasteiger partial charge in [0.15, 0.2) is 0 Å². The first-order valence-corrected chi connectivity index (χ1v) is 11.6. The number of rotatable bonds is 7. The topological polar surface area (TPSA) is 59.5 Å². The van der Waals surface area contributed by atoms with E-state index in [2.05, 4.69) is 37.9 Å². The van der Waals surface area contributed by atoms with Gasteiger partial charge in [-0.05, 0) is 53.8 Å². The molecule has 0 radical (unpaired) electrons. The number of hydrogen-bond donors (Lipinski definition) is 0. The molecular formula is C24H28N2O3S. The van der Waals surface area contributed by atoms with Crippen molar-refractivity contribution in [1.29, 1.82) is 0 Å². The molecule has 0 aliphatic heterocycles. The molecule has 158 valence electrons. The molecule has 1 aromatic heterocycles. The first kappa shape index (κ1) is 21.8. The van der Waals surface area contributed by atoms with Crippen LogP contribution in [0.3, 0.4) is 0 Å². The fourth-order valence-corrected chi connectivity index (χ4v) is 4.12. The smallest absolute Gasteiger partial charge is 0.235 e. The molecule has 0 bridgehead atoms. The van der Waals surface area contributed by atoms with Crippen molar-refractivity contribution in [2.45, 2.75) is 39.7 Å². The second kappa shape index (κ2) is 8.88. The highest BCUT2D eigenvalue weighted by molar-refractivity contribution is 7.92. The van der Waals surface area contributed by atoms with Crippen LogP contribution in [0.4, 0.5) is 5.69 Å². The number of anilines is 1. The van der Waals surface area contributed by atoms with Gasteiger partial charge in [-0.3, -0.25) is 9.29 Å². The van der Waals surface area contributed by atoms with Crippen molar-refractivity contribution in [3.63, 3.8) is 0 Å². The lowest BCUT2D eigenvalue weighted by atomic mass is 9.87. The minimum Gasteiger partial charge on any atom is -0.457 e. The zero-order valence-electron chi connectivity index (χ0n) is 17.9. The van der Waals surface area contributed by atoms with Gasteiger partial charge >= 0.3 is 0 Å². The van der Waals surface area contributed by atoms with E-state index in [0.29, 0.717) is 17.2 Å². The molecule has 2 aromatic carbocycles. The van der Waals surface area contributed by atoms with E-state index in [1.807, 2.05) is 24.3 Å². The van der Waals surface area contributed by atoms with Crippen LogP contribution in [0.1, 0.15) is 38.8 Å². The zero-order chi connectivity index (χ0) is 21.8. The summed E-state index contributed by atoms with van der Waals surface area (Å²) < 4.78 is 32.9. The Kier molecular flexibility index (Phi) is 6.46. The van der Waals surface area contributed by atoms with E-state index < -0.39 is 10.0 Å². The number of aromatic nitrogens is 1. The molecule has 0 aliphatic rings. The van der Waals surface area contributed by atoms with Crippen molar-refractivity contribution in [2.75, 3.05) is 10.1 Å². The van der Waals surface area contributed by atoms with E-state index in [0.717, 1.165) is 5.56 Å². The molecule has 0 saturated heterocycles. The third kappa shape index (κ3) is 5.39. The lowest BCUT2D eigenvalue weighted by Gasteiger charge is -2.24. The molecule has 0 aliphatic carbocycles. The second-order valence-corrected chi connectivity index (χ2v) is 10.3. The third-order valence-corrected chi connectivity index (χ3v) is 6.55. The molecule has 0 unspecified atom stereocenters. The van der Waals surface area contributed by atoms with Crippen LogP contribution in [-0.4, -0.2) is 19.2 Å². The highest BCUT2D eigenvalue weighted by Crippen LogP contribution is 2.30. The fraction of sp³-hybridized carbons (Fsp3) is 0.292. The predicted molar refractivity (Wildman–Crippen MR) is 122 cm³/mol. The zero-order valence-corrected chi connectivity index (χ0v) is 18.7. The quantitative estimate of drug-likeness (QED) is 0.500. The van der Waals surface area contributed by atoms with Crippen LogP contribution in [0.5, 0.6) is 11.5 Å². The first-order chi connectivity index (χ1) is 14.2. The van der Waals surface area contributed by atoms with E-state index in [1.54, 1.807) is 43.6 Å². The molecule has 5 nitrogen and oxygen atoms in total. The van der Waals surface area contributed by atoms with Crippen LogP contribution in [0.2, 0.25) is 0 Å². The maximum absolute atomic E-state index is 12.8. The maximum Gasteiger partial charge on any atom is 0.235 e. The lowest BCUT2D eigenvalue weighted by molar-refractivity contribution is 0.481. The summed E-state index contributed by atoms with van der Waals surface area (Å²) in [7, 11) is -3.47. The van der Waals surface area contributed by atoms with Crippen LogP contribution in [0.15, 0.2) is 73.1 Å². The summed E-state index contributed by atoms with van der Waals surface area (Å²) in [4.78, 5) is 4.09. The van der Waals surface area contributed by atoms with Gasteiger partial charge in [0.2, 0.25) is 10.0 Å². The summed E-state index contributed by atoms with van der Waals surface area (Å²) in [5.74, 6) is 1.29. The van der Waals surface area contributed by atoms with Crippen LogP contribution in [0.25, 0.3) is 0 Å². The van der Waals surface area contributed by atoms with E-state index >= 15 is 0 Å². The van der Waals surface area contributed by atoms with Gasteiger partial charge in [0.25, 0.3) is 0 Å². The van der Waals surface area contributed by atoms with Gasteiger partial charge in [0.1, 0.15) is 11.5 Å². The third-order valence-electron chi connectivity index (χ3n) is 4.81. The molecule has 6 heteroatoms. The molecule has 30 heavy (non-hydrogen) atoms. The number of nitrogens with zero attached hydrogens (tertiary/aromatic N) is 2. The SMILES string of the molecule is CCS(=O)(=O)N(Cc1cccnc1)c1cccc(Oc2ccc(C(C)(C)C)cc2)c1. The van der Waals surface area contributed by atoms with Crippen molar-refractivity contribution < 1.29 is 13.2 Å². The predicted octanol–water partition coefficient (Wildman–Crippen LogP) is 5.53. The van der Waals surface area contributed by atoms with Gasteiger partial charge in [0.05, 0.1) is 18.0 Å². The summed E-state index contributed by atoms with van der Waals surface area (Å²) in [5.41, 5.74) is 2.67. The molecule has 0 atom stereocenters. The van der Waals surface area contributed by atoms with Crippen LogP contribution in [0, 0.1) is 0 Å². The Labute approximate surface area is 179 Å². The Balaban J connectivity index is 1.87. The number of pyridine rings is 1. The Morgan fingerprint density at radius 3 is 2.30 bits per heavy atom. The molecule has 3 rings (SSSR count). The normalized spacial score (nSPS) is 11.9. The van der Waals surface area contributed by atoms with Crippen molar-refractivity contribution in [2.24, 2.45) is 0 Å². The number of ether oxygens (including phenoxy) is 1. The highest BCUT2D eigenvalue weighted by atomic mass is 32.2. The number of benzene rings is 2. The Hall–Kier alpha value is -2.86. The standard InChI is InChI=1S/C24H28N2O3S/c1-5-30(27,28)26(18-19-8-7-15-25-17-19)21-9-6-10-23(16-21)29-22-13-11-20(12-14-22)24(2,3)4/h6-17H,5,18H2,1-4H3. The van der Waals surface area contributed by atoms with E-state index in [1.165, 1.54) is 9.87 Å². The summed E-state index contributed by atoms with van der Waals surface area (Å²) in [6.45, 7) is 8.35. The summed E-state index contributed by atoms with van der Waals surface area (Å²) in [6.07, 6.45) is 3.34. The highest BCUT2D eigenvalue weighted by Gasteiger charge is 2.21. The Bertz CT molecular complexity index is 1070. The molecule has 3 aromatic rings. The van der Waals surface area contributed by atoms with E-state index in [-0.39, 0.29) is 17.7 Å². The van der Waals surface area contributed by atoms with E-state index in [4.69, 9.17) is 4.74 Å². The first-order valence-electron chi connectivity index (χ1n) is 9.97. The minimum atomic E-state index is -3.47. The minimum absolute atomic E-state index is 0.00656. The molecule has 0 fully saturated rings. The van der Waals surface area contributed by atoms with Crippen molar-refractivity contribution >= 4 is 15.7 Å². The van der Waals surface area contributed by atoms with Crippen LogP contribution >= 0.6 is 0 Å². The summed E-state index contributed by atoms with van der Waals surface area (Å²) in [6, 6.07) is 18.8. The molecular weight excluding hydrogens is 396 g/mol. The lowest BCUT2D eigenvalue weighted by Crippen LogP contribution is -2.31. The Morgan fingerprint density at radius 1 is 0.967 bits per heavy atom. The maximum atomic E-state index is 12.8. The van der Waals surface area contributed by atoms with Gasteiger partial charge < -0.3 is 4.74 Å². The van der Waals surface area contributed by atoms with Crippen LogP contribution < -0.4 is 9.04 Å². The van der Waals surface area contributed by atoms with Gasteiger partial charge in [-0.1, -0.05) is 45.0 Å². The molecule has 0 saturated carbocycles. The van der Waals surface area contributed by atoms with Crippen molar-refractivity contribution in [3.05, 3.63) is 84.2 Å². The molecule has 0 N–H and O–H groups in total. The van der Waals surface area contributed by atoms with E-state index in [9.17, 15) is 8.42 Å². The second-order valence-electron chi connectivity index (χ2n) is 8.14. The molecule has 0 amide bonds. The number of hydrogen-bond acceptors (Lipinski definition) is 4. The van der Waals surface area contributed by atoms with Crippen molar-refractivity contribution in [1.82, 2.24) is 4.98 Å². The van der Waals surface area contributed by atoms with Gasteiger partial charge in [-0.2, -0.15) is 0 Å². The Morgan fingerprint density at radius 2 is 1.70 bits per heavy atom. The monoisotopic (exact) mass is 424 g/mol. The summed E-state index contributed by atoms with van der Waals surface area (Å²) in [5, 5.41) is 0. The van der Waals surface area contributed by atoms with Crippen molar-refractivity contribution in [3.8, 4) is 11.5 Å². The van der Waals surface area contributed by atoms with Gasteiger partial charge in [-0.15, -0.1) is 0 Å². The largest absolute Gasteiger partial charge is 0.457 e. The molecule has 1 heterocycles. The van der Waals surface area contributed by atoms with Crippen LogP contribution in [-0.2, 0) is 22.0 Å².